The Kier molecular flexibility index (Phi) is 4.39. The van der Waals surface area contributed by atoms with Crippen molar-refractivity contribution in [3.05, 3.63) is 0 Å². The fourth-order valence-electron chi connectivity index (χ4n) is 2.03. The van der Waals surface area contributed by atoms with E-state index in [-0.39, 0.29) is 12.6 Å². The van der Waals surface area contributed by atoms with Crippen LogP contribution in [-0.2, 0) is 4.74 Å². The number of β-amino-alcohol motifs (C(OH)–C–C–N with tert-alkyl or cyclic N) is 1. The van der Waals surface area contributed by atoms with Crippen LogP contribution >= 0.6 is 12.2 Å². The lowest BCUT2D eigenvalue weighted by Gasteiger charge is -2.24. The van der Waals surface area contributed by atoms with Gasteiger partial charge in [-0.1, -0.05) is 0 Å². The van der Waals surface area contributed by atoms with Gasteiger partial charge in [0.25, 0.3) is 0 Å². The summed E-state index contributed by atoms with van der Waals surface area (Å²) in [6, 6.07) is 0.219. The minimum atomic E-state index is -0.638. The lowest BCUT2D eigenvalue weighted by molar-refractivity contribution is 0.0270. The molecule has 3 N–H and O–H groups in total. The maximum atomic E-state index is 11.9. The molecule has 2 fully saturated rings. The molecule has 0 spiro atoms. The van der Waals surface area contributed by atoms with E-state index in [1.807, 2.05) is 20.8 Å². The van der Waals surface area contributed by atoms with Gasteiger partial charge in [-0.25, -0.2) is 4.79 Å². The highest BCUT2D eigenvalue weighted by Gasteiger charge is 2.36. The van der Waals surface area contributed by atoms with Gasteiger partial charge in [0, 0.05) is 12.6 Å². The van der Waals surface area contributed by atoms with Gasteiger partial charge in [-0.2, -0.15) is 0 Å². The number of nitrogens with zero attached hydrogens (tertiary/aromatic N) is 1. The first-order valence-corrected chi connectivity index (χ1v) is 7.38. The van der Waals surface area contributed by atoms with Crippen molar-refractivity contribution in [2.45, 2.75) is 57.4 Å². The minimum absolute atomic E-state index is 0.249. The molecule has 1 amide bonds. The number of likely N-dealkylation sites (tertiary alicyclic amines) is 1. The van der Waals surface area contributed by atoms with Crippen molar-refractivity contribution in [2.75, 3.05) is 13.1 Å². The number of aliphatic hydroxyl groups excluding tert-OH is 1. The minimum Gasteiger partial charge on any atom is -0.444 e. The summed E-state index contributed by atoms with van der Waals surface area (Å²) in [4.78, 5) is 13.4. The summed E-state index contributed by atoms with van der Waals surface area (Å²) in [6.45, 7) is 6.12. The normalized spacial score (nSPS) is 26.3. The van der Waals surface area contributed by atoms with Crippen LogP contribution in [-0.4, -0.2) is 58.1 Å². The Morgan fingerprint density at radius 3 is 2.50 bits per heavy atom. The van der Waals surface area contributed by atoms with E-state index in [0.717, 1.165) is 12.8 Å². The quantitative estimate of drug-likeness (QED) is 0.649. The zero-order valence-corrected chi connectivity index (χ0v) is 13.0. The van der Waals surface area contributed by atoms with E-state index >= 15 is 0 Å². The first-order chi connectivity index (χ1) is 9.24. The fraction of sp³-hybridized carbons (Fsp3) is 0.846. The number of thiocarbonyl (C=S) groups is 1. The third-order valence-electron chi connectivity index (χ3n) is 3.17. The zero-order chi connectivity index (χ0) is 14.9. The maximum absolute atomic E-state index is 11.9. The third kappa shape index (κ3) is 4.49. The molecular weight excluding hydrogens is 278 g/mol. The van der Waals surface area contributed by atoms with Gasteiger partial charge in [-0.05, 0) is 45.8 Å². The Morgan fingerprint density at radius 2 is 1.95 bits per heavy atom. The zero-order valence-electron chi connectivity index (χ0n) is 12.2. The lowest BCUT2D eigenvalue weighted by Crippen LogP contribution is -2.48. The van der Waals surface area contributed by atoms with E-state index in [1.165, 1.54) is 4.90 Å². The van der Waals surface area contributed by atoms with Crippen LogP contribution in [0.1, 0.15) is 33.6 Å². The second-order valence-electron chi connectivity index (χ2n) is 6.45. The van der Waals surface area contributed by atoms with Crippen molar-refractivity contribution in [1.82, 2.24) is 15.5 Å². The molecule has 7 heteroatoms. The van der Waals surface area contributed by atoms with Crippen molar-refractivity contribution in [3.63, 3.8) is 0 Å². The number of rotatable bonds is 2. The van der Waals surface area contributed by atoms with E-state index in [0.29, 0.717) is 17.7 Å². The molecule has 114 valence electrons. The van der Waals surface area contributed by atoms with E-state index in [9.17, 15) is 9.90 Å². The predicted octanol–water partition coefficient (Wildman–Crippen LogP) is 0.593. The number of aliphatic hydroxyl groups is 1. The highest BCUT2D eigenvalue weighted by molar-refractivity contribution is 7.80. The Balaban J connectivity index is 1.81. The Bertz CT molecular complexity index is 393. The summed E-state index contributed by atoms with van der Waals surface area (Å²) < 4.78 is 5.30. The molecule has 1 saturated heterocycles. The molecular formula is C13H23N3O3S. The Labute approximate surface area is 124 Å². The van der Waals surface area contributed by atoms with Crippen molar-refractivity contribution in [3.8, 4) is 0 Å². The Hall–Kier alpha value is -1.08. The molecule has 20 heavy (non-hydrogen) atoms. The summed E-state index contributed by atoms with van der Waals surface area (Å²) in [5, 5.41) is 16.8. The van der Waals surface area contributed by atoms with Gasteiger partial charge in [-0.15, -0.1) is 0 Å². The van der Waals surface area contributed by atoms with Crippen LogP contribution in [0.3, 0.4) is 0 Å². The predicted molar refractivity (Wildman–Crippen MR) is 79.5 cm³/mol. The molecule has 2 rings (SSSR count). The van der Waals surface area contributed by atoms with Gasteiger partial charge in [0.15, 0.2) is 5.11 Å². The van der Waals surface area contributed by atoms with Crippen LogP contribution in [0.15, 0.2) is 0 Å². The number of carbonyl (C=O) groups is 1. The molecule has 1 saturated carbocycles. The Morgan fingerprint density at radius 1 is 1.30 bits per heavy atom. The summed E-state index contributed by atoms with van der Waals surface area (Å²) in [5.41, 5.74) is -0.531. The van der Waals surface area contributed by atoms with Crippen LogP contribution < -0.4 is 10.6 Å². The van der Waals surface area contributed by atoms with Crippen molar-refractivity contribution in [1.29, 1.82) is 0 Å². The molecule has 2 aliphatic rings. The topological polar surface area (TPSA) is 73.8 Å². The third-order valence-corrected chi connectivity index (χ3v) is 3.41. The molecule has 2 atom stereocenters. The second kappa shape index (κ2) is 5.73. The largest absolute Gasteiger partial charge is 0.444 e. The van der Waals surface area contributed by atoms with Gasteiger partial charge < -0.3 is 25.4 Å². The van der Waals surface area contributed by atoms with E-state index in [1.54, 1.807) is 0 Å². The molecule has 0 aromatic rings. The van der Waals surface area contributed by atoms with Crippen LogP contribution in [0.5, 0.6) is 0 Å². The monoisotopic (exact) mass is 301 g/mol. The van der Waals surface area contributed by atoms with Crippen LogP contribution in [0.25, 0.3) is 0 Å². The van der Waals surface area contributed by atoms with Gasteiger partial charge in [0.2, 0.25) is 0 Å². The summed E-state index contributed by atoms with van der Waals surface area (Å²) in [7, 11) is 0. The fourth-order valence-corrected chi connectivity index (χ4v) is 2.35. The average Bonchev–Trinajstić information content (AvgIpc) is 3.01. The summed E-state index contributed by atoms with van der Waals surface area (Å²) >= 11 is 5.18. The lowest BCUT2D eigenvalue weighted by atomic mass is 10.2. The molecule has 0 aromatic heterocycles. The van der Waals surface area contributed by atoms with Gasteiger partial charge in [0.05, 0.1) is 18.7 Å². The highest BCUT2D eigenvalue weighted by atomic mass is 32.1. The second-order valence-corrected chi connectivity index (χ2v) is 6.86. The maximum Gasteiger partial charge on any atom is 0.410 e. The standard InChI is InChI=1S/C13H23N3O3S/c1-13(2,3)19-12(18)16-6-9(10(17)7-16)15-11(20)14-8-4-5-8/h8-10,17H,4-7H2,1-3H3,(H2,14,15,20)/t9-,10-/m0/s1. The summed E-state index contributed by atoms with van der Waals surface area (Å²) in [6.07, 6.45) is 1.24. The first-order valence-electron chi connectivity index (χ1n) is 6.97. The molecule has 1 heterocycles. The van der Waals surface area contributed by atoms with E-state index in [2.05, 4.69) is 10.6 Å². The number of ether oxygens (including phenoxy) is 1. The molecule has 0 radical (unpaired) electrons. The highest BCUT2D eigenvalue weighted by Crippen LogP contribution is 2.19. The molecule has 0 aromatic carbocycles. The van der Waals surface area contributed by atoms with Crippen LogP contribution in [0, 0.1) is 0 Å². The molecule has 1 aliphatic heterocycles. The van der Waals surface area contributed by atoms with Crippen molar-refractivity contribution >= 4 is 23.4 Å². The van der Waals surface area contributed by atoms with Crippen LogP contribution in [0.2, 0.25) is 0 Å². The number of nitrogens with one attached hydrogen (secondary N) is 2. The van der Waals surface area contributed by atoms with E-state index in [4.69, 9.17) is 17.0 Å². The number of hydrogen-bond acceptors (Lipinski definition) is 4. The number of amides is 1. The van der Waals surface area contributed by atoms with Crippen molar-refractivity contribution < 1.29 is 14.6 Å². The SMILES string of the molecule is CC(C)(C)OC(=O)N1C[C@H](NC(=S)NC2CC2)[C@@H](O)C1. The van der Waals surface area contributed by atoms with Gasteiger partial charge >= 0.3 is 6.09 Å². The number of hydrogen-bond donors (Lipinski definition) is 3. The molecule has 6 nitrogen and oxygen atoms in total. The van der Waals surface area contributed by atoms with Crippen LogP contribution in [0.4, 0.5) is 4.79 Å². The molecule has 1 aliphatic carbocycles. The van der Waals surface area contributed by atoms with E-state index < -0.39 is 17.8 Å². The average molecular weight is 301 g/mol. The van der Waals surface area contributed by atoms with Crippen molar-refractivity contribution in [2.24, 2.45) is 0 Å². The smallest absolute Gasteiger partial charge is 0.410 e. The summed E-state index contributed by atoms with van der Waals surface area (Å²) in [5.74, 6) is 0. The molecule has 0 bridgehead atoms. The first kappa shape index (κ1) is 15.3. The van der Waals surface area contributed by atoms with Gasteiger partial charge in [0.1, 0.15) is 5.60 Å². The van der Waals surface area contributed by atoms with Gasteiger partial charge in [-0.3, -0.25) is 0 Å². The number of carbonyl (C=O) groups excluding carboxylic acids is 1. The molecule has 0 unspecified atom stereocenters.